The molecule has 0 bridgehead atoms. The minimum absolute atomic E-state index is 0.144. The van der Waals surface area contributed by atoms with Crippen LogP contribution in [0.1, 0.15) is 12.7 Å². The van der Waals surface area contributed by atoms with Crippen LogP contribution in [0.2, 0.25) is 0 Å². The number of amides is 2. The molecule has 0 saturated heterocycles. The normalized spacial score (nSPS) is 10.2. The van der Waals surface area contributed by atoms with Crippen LogP contribution in [-0.2, 0) is 22.6 Å². The molecule has 0 spiro atoms. The molecule has 1 aromatic rings. The predicted octanol–water partition coefficient (Wildman–Crippen LogP) is -0.802. The van der Waals surface area contributed by atoms with Gasteiger partial charge in [0.2, 0.25) is 0 Å². The third-order valence-electron chi connectivity index (χ3n) is 2.20. The zero-order valence-electron chi connectivity index (χ0n) is 10.6. The van der Waals surface area contributed by atoms with Gasteiger partial charge in [0.15, 0.2) is 5.82 Å². The van der Waals surface area contributed by atoms with E-state index in [4.69, 9.17) is 9.84 Å². The van der Waals surface area contributed by atoms with Crippen molar-refractivity contribution < 1.29 is 19.4 Å². The van der Waals surface area contributed by atoms with Crippen LogP contribution < -0.4 is 10.6 Å². The van der Waals surface area contributed by atoms with Gasteiger partial charge in [-0.05, 0) is 6.92 Å². The first kappa shape index (κ1) is 14.9. The van der Waals surface area contributed by atoms with Gasteiger partial charge in [0.25, 0.3) is 0 Å². The number of rotatable bonds is 8. The van der Waals surface area contributed by atoms with Gasteiger partial charge < -0.3 is 25.0 Å². The van der Waals surface area contributed by atoms with E-state index in [2.05, 4.69) is 20.8 Å². The second-order valence-electron chi connectivity index (χ2n) is 3.59. The van der Waals surface area contributed by atoms with Crippen molar-refractivity contribution in [1.82, 2.24) is 25.4 Å². The molecule has 1 aromatic heterocycles. The quantitative estimate of drug-likeness (QED) is 0.533. The second-order valence-corrected chi connectivity index (χ2v) is 3.59. The fraction of sp³-hybridized carbons (Fsp3) is 0.600. The molecular formula is C10H17N5O4. The molecule has 1 heterocycles. The van der Waals surface area contributed by atoms with Crippen molar-refractivity contribution in [3.8, 4) is 0 Å². The van der Waals surface area contributed by atoms with E-state index in [1.165, 1.54) is 0 Å². The maximum atomic E-state index is 11.4. The zero-order valence-corrected chi connectivity index (χ0v) is 10.6. The number of carboxylic acid groups (broad SMARTS) is 1. The maximum Gasteiger partial charge on any atom is 0.329 e. The molecule has 0 saturated carbocycles. The second kappa shape index (κ2) is 8.03. The lowest BCUT2D eigenvalue weighted by atomic mass is 10.5. The maximum absolute atomic E-state index is 11.4. The monoisotopic (exact) mass is 271 g/mol. The number of aromatic nitrogens is 3. The van der Waals surface area contributed by atoms with Crippen LogP contribution in [-0.4, -0.2) is 51.6 Å². The van der Waals surface area contributed by atoms with E-state index in [1.54, 1.807) is 6.33 Å². The molecule has 0 fully saturated rings. The Morgan fingerprint density at radius 1 is 1.47 bits per heavy atom. The molecule has 9 heteroatoms. The number of aliphatic carboxylic acids is 1. The van der Waals surface area contributed by atoms with Crippen LogP contribution in [0, 0.1) is 0 Å². The summed E-state index contributed by atoms with van der Waals surface area (Å²) in [6.45, 7) is 2.96. The fourth-order valence-electron chi connectivity index (χ4n) is 1.30. The third-order valence-corrected chi connectivity index (χ3v) is 2.20. The van der Waals surface area contributed by atoms with Gasteiger partial charge in [0.1, 0.15) is 12.9 Å². The number of hydrogen-bond acceptors (Lipinski definition) is 5. The Morgan fingerprint density at radius 2 is 2.26 bits per heavy atom. The smallest absolute Gasteiger partial charge is 0.329 e. The number of carboxylic acids is 1. The van der Waals surface area contributed by atoms with Gasteiger partial charge in [-0.15, -0.1) is 10.2 Å². The Bertz CT molecular complexity index is 420. The van der Waals surface area contributed by atoms with Crippen molar-refractivity contribution in [3.63, 3.8) is 0 Å². The standard InChI is InChI=1S/C10H17N5O4/c1-2-15-7-13-14-8(15)5-12-10(18)11-3-4-19-6-9(16)17/h7H,2-6H2,1H3,(H,16,17)(H2,11,12,18). The van der Waals surface area contributed by atoms with Crippen LogP contribution in [0.5, 0.6) is 0 Å². The van der Waals surface area contributed by atoms with E-state index >= 15 is 0 Å². The van der Waals surface area contributed by atoms with Crippen molar-refractivity contribution in [2.24, 2.45) is 0 Å². The van der Waals surface area contributed by atoms with E-state index in [9.17, 15) is 9.59 Å². The van der Waals surface area contributed by atoms with E-state index in [0.717, 1.165) is 6.54 Å². The predicted molar refractivity (Wildman–Crippen MR) is 64.4 cm³/mol. The third kappa shape index (κ3) is 5.82. The van der Waals surface area contributed by atoms with Crippen molar-refractivity contribution in [2.45, 2.75) is 20.0 Å². The molecule has 1 rings (SSSR count). The number of aryl methyl sites for hydroxylation is 1. The average molecular weight is 271 g/mol. The summed E-state index contributed by atoms with van der Waals surface area (Å²) in [7, 11) is 0. The van der Waals surface area contributed by atoms with Gasteiger partial charge >= 0.3 is 12.0 Å². The van der Waals surface area contributed by atoms with Crippen molar-refractivity contribution in [2.75, 3.05) is 19.8 Å². The van der Waals surface area contributed by atoms with Crippen molar-refractivity contribution in [1.29, 1.82) is 0 Å². The highest BCUT2D eigenvalue weighted by Crippen LogP contribution is 1.93. The van der Waals surface area contributed by atoms with Crippen molar-refractivity contribution >= 4 is 12.0 Å². The molecule has 0 radical (unpaired) electrons. The zero-order chi connectivity index (χ0) is 14.1. The number of nitrogens with one attached hydrogen (secondary N) is 2. The minimum Gasteiger partial charge on any atom is -0.480 e. The highest BCUT2D eigenvalue weighted by Gasteiger charge is 2.05. The lowest BCUT2D eigenvalue weighted by molar-refractivity contribution is -0.142. The summed E-state index contributed by atoms with van der Waals surface area (Å²) >= 11 is 0. The van der Waals surface area contributed by atoms with Gasteiger partial charge in [0, 0.05) is 13.1 Å². The Hall–Kier alpha value is -2.16. The Morgan fingerprint density at radius 3 is 2.95 bits per heavy atom. The van der Waals surface area contributed by atoms with Gasteiger partial charge in [-0.25, -0.2) is 9.59 Å². The first-order valence-electron chi connectivity index (χ1n) is 5.81. The van der Waals surface area contributed by atoms with Gasteiger partial charge in [-0.1, -0.05) is 0 Å². The summed E-state index contributed by atoms with van der Waals surface area (Å²) in [5, 5.41) is 21.1. The lowest BCUT2D eigenvalue weighted by Gasteiger charge is -2.07. The van der Waals surface area contributed by atoms with Gasteiger partial charge in [-0.2, -0.15) is 0 Å². The molecule has 2 amide bonds. The van der Waals surface area contributed by atoms with Gasteiger partial charge in [0.05, 0.1) is 13.2 Å². The molecule has 19 heavy (non-hydrogen) atoms. The number of nitrogens with zero attached hydrogens (tertiary/aromatic N) is 3. The van der Waals surface area contributed by atoms with Crippen LogP contribution in [0.3, 0.4) is 0 Å². The summed E-state index contributed by atoms with van der Waals surface area (Å²) in [6.07, 6.45) is 1.59. The topological polar surface area (TPSA) is 118 Å². The van der Waals surface area contributed by atoms with Crippen LogP contribution in [0.25, 0.3) is 0 Å². The largest absolute Gasteiger partial charge is 0.480 e. The van der Waals surface area contributed by atoms with E-state index in [-0.39, 0.29) is 32.3 Å². The van der Waals surface area contributed by atoms with E-state index < -0.39 is 5.97 Å². The van der Waals surface area contributed by atoms with E-state index in [0.29, 0.717) is 5.82 Å². The Balaban J connectivity index is 2.13. The molecule has 0 aliphatic carbocycles. The van der Waals surface area contributed by atoms with Crippen LogP contribution in [0.15, 0.2) is 6.33 Å². The molecule has 3 N–H and O–H groups in total. The van der Waals surface area contributed by atoms with Gasteiger partial charge in [-0.3, -0.25) is 0 Å². The first-order chi connectivity index (χ1) is 9.13. The van der Waals surface area contributed by atoms with Crippen molar-refractivity contribution in [3.05, 3.63) is 12.2 Å². The summed E-state index contributed by atoms with van der Waals surface area (Å²) < 4.78 is 6.58. The molecular weight excluding hydrogens is 254 g/mol. The molecule has 0 aromatic carbocycles. The highest BCUT2D eigenvalue weighted by molar-refractivity contribution is 5.73. The fourth-order valence-corrected chi connectivity index (χ4v) is 1.30. The Labute approximate surface area is 110 Å². The average Bonchev–Trinajstić information content (AvgIpc) is 2.83. The number of hydrogen-bond donors (Lipinski definition) is 3. The SMILES string of the molecule is CCn1cnnc1CNC(=O)NCCOCC(=O)O. The summed E-state index contributed by atoms with van der Waals surface area (Å²) in [4.78, 5) is 21.5. The highest BCUT2D eigenvalue weighted by atomic mass is 16.5. The summed E-state index contributed by atoms with van der Waals surface area (Å²) in [6, 6.07) is -0.371. The molecule has 0 aliphatic rings. The van der Waals surface area contributed by atoms with Crippen LogP contribution in [0.4, 0.5) is 4.79 Å². The number of urea groups is 1. The number of carbonyl (C=O) groups is 2. The summed E-state index contributed by atoms with van der Waals surface area (Å²) in [5.41, 5.74) is 0. The first-order valence-corrected chi connectivity index (χ1v) is 5.81. The molecule has 9 nitrogen and oxygen atoms in total. The number of ether oxygens (including phenoxy) is 1. The van der Waals surface area contributed by atoms with Crippen LogP contribution >= 0.6 is 0 Å². The minimum atomic E-state index is -1.04. The lowest BCUT2D eigenvalue weighted by Crippen LogP contribution is -2.37. The molecule has 0 unspecified atom stereocenters. The Kier molecular flexibility index (Phi) is 6.30. The molecule has 0 atom stereocenters. The molecule has 0 aliphatic heterocycles. The molecule has 106 valence electrons. The van der Waals surface area contributed by atoms with E-state index in [1.807, 2.05) is 11.5 Å². The number of carbonyl (C=O) groups excluding carboxylic acids is 1. The summed E-state index contributed by atoms with van der Waals surface area (Å²) in [5.74, 6) is -0.372.